The van der Waals surface area contributed by atoms with Crippen LogP contribution in [0.5, 0.6) is 0 Å². The van der Waals surface area contributed by atoms with Crippen LogP contribution in [0.1, 0.15) is 53.9 Å². The van der Waals surface area contributed by atoms with E-state index >= 15 is 0 Å². The van der Waals surface area contributed by atoms with Crippen LogP contribution < -0.4 is 0 Å². The van der Waals surface area contributed by atoms with Gasteiger partial charge in [0, 0.05) is 18.9 Å². The summed E-state index contributed by atoms with van der Waals surface area (Å²) in [6.07, 6.45) is 3.78. The standard InChI is InChI=1S/C16H29N/c1-14(2)7-6-8-15-9-11-17(12-10-15)13-16(3,4)5/h14-15H,8-13H2,1-5H3. The van der Waals surface area contributed by atoms with Crippen molar-refractivity contribution in [2.75, 3.05) is 19.6 Å². The van der Waals surface area contributed by atoms with Crippen LogP contribution in [0.3, 0.4) is 0 Å². The second-order valence-electron chi connectivity index (χ2n) is 6.96. The molecule has 0 aromatic carbocycles. The molecule has 1 aliphatic heterocycles. The molecule has 0 spiro atoms. The molecule has 0 aliphatic carbocycles. The first-order chi connectivity index (χ1) is 7.87. The monoisotopic (exact) mass is 235 g/mol. The minimum atomic E-state index is 0.435. The zero-order valence-electron chi connectivity index (χ0n) is 12.3. The molecular weight excluding hydrogens is 206 g/mol. The van der Waals surface area contributed by atoms with Gasteiger partial charge in [-0.25, -0.2) is 0 Å². The third-order valence-corrected chi connectivity index (χ3v) is 3.19. The molecular formula is C16H29N. The lowest BCUT2D eigenvalue weighted by molar-refractivity contribution is 0.138. The number of hydrogen-bond donors (Lipinski definition) is 0. The molecule has 0 N–H and O–H groups in total. The molecule has 1 fully saturated rings. The van der Waals surface area contributed by atoms with E-state index in [0.717, 1.165) is 12.3 Å². The molecule has 0 aromatic rings. The van der Waals surface area contributed by atoms with Gasteiger partial charge in [0.25, 0.3) is 0 Å². The molecule has 1 nitrogen and oxygen atoms in total. The highest BCUT2D eigenvalue weighted by Crippen LogP contribution is 2.23. The third-order valence-electron chi connectivity index (χ3n) is 3.19. The minimum Gasteiger partial charge on any atom is -0.303 e. The van der Waals surface area contributed by atoms with Gasteiger partial charge >= 0.3 is 0 Å². The van der Waals surface area contributed by atoms with E-state index in [2.05, 4.69) is 51.4 Å². The largest absolute Gasteiger partial charge is 0.303 e. The summed E-state index contributed by atoms with van der Waals surface area (Å²) in [5, 5.41) is 0. The van der Waals surface area contributed by atoms with Crippen LogP contribution in [0, 0.1) is 29.1 Å². The number of likely N-dealkylation sites (tertiary alicyclic amines) is 1. The van der Waals surface area contributed by atoms with Gasteiger partial charge in [0.15, 0.2) is 0 Å². The van der Waals surface area contributed by atoms with Crippen LogP contribution in [0.15, 0.2) is 0 Å². The lowest BCUT2D eigenvalue weighted by Crippen LogP contribution is -2.38. The molecule has 1 saturated heterocycles. The summed E-state index contributed by atoms with van der Waals surface area (Å²) in [7, 11) is 0. The molecule has 0 bridgehead atoms. The summed E-state index contributed by atoms with van der Waals surface area (Å²) in [5.41, 5.74) is 0.435. The van der Waals surface area contributed by atoms with Crippen LogP contribution in [-0.4, -0.2) is 24.5 Å². The quantitative estimate of drug-likeness (QED) is 0.658. The highest BCUT2D eigenvalue weighted by atomic mass is 15.1. The summed E-state index contributed by atoms with van der Waals surface area (Å²) in [5.74, 6) is 8.00. The first-order valence-electron chi connectivity index (χ1n) is 7.07. The molecule has 17 heavy (non-hydrogen) atoms. The van der Waals surface area contributed by atoms with E-state index in [1.54, 1.807) is 0 Å². The van der Waals surface area contributed by atoms with Gasteiger partial charge in [-0.2, -0.15) is 0 Å². The van der Waals surface area contributed by atoms with E-state index in [9.17, 15) is 0 Å². The SMILES string of the molecule is CC(C)C#CCC1CCN(CC(C)(C)C)CC1. The molecule has 1 heterocycles. The van der Waals surface area contributed by atoms with Crippen LogP contribution >= 0.6 is 0 Å². The fourth-order valence-corrected chi connectivity index (χ4v) is 2.43. The Balaban J connectivity index is 2.25. The van der Waals surface area contributed by atoms with Crippen molar-refractivity contribution in [2.45, 2.75) is 53.9 Å². The van der Waals surface area contributed by atoms with Crippen LogP contribution in [-0.2, 0) is 0 Å². The maximum Gasteiger partial charge on any atom is 0.0146 e. The zero-order chi connectivity index (χ0) is 12.9. The molecule has 98 valence electrons. The minimum absolute atomic E-state index is 0.435. The molecule has 0 aromatic heterocycles. The van der Waals surface area contributed by atoms with Crippen molar-refractivity contribution in [3.8, 4) is 11.8 Å². The number of rotatable bonds is 2. The normalized spacial score (nSPS) is 19.2. The van der Waals surface area contributed by atoms with Gasteiger partial charge in [-0.15, -0.1) is 11.8 Å². The highest BCUT2D eigenvalue weighted by molar-refractivity contribution is 5.02. The second kappa shape index (κ2) is 6.45. The van der Waals surface area contributed by atoms with E-state index in [-0.39, 0.29) is 0 Å². The van der Waals surface area contributed by atoms with Crippen molar-refractivity contribution in [2.24, 2.45) is 17.3 Å². The zero-order valence-corrected chi connectivity index (χ0v) is 12.3. The first kappa shape index (κ1) is 14.6. The molecule has 1 aliphatic rings. The topological polar surface area (TPSA) is 3.24 Å². The summed E-state index contributed by atoms with van der Waals surface area (Å²) < 4.78 is 0. The molecule has 0 amide bonds. The summed E-state index contributed by atoms with van der Waals surface area (Å²) in [6, 6.07) is 0. The third kappa shape index (κ3) is 6.74. The Bertz CT molecular complexity index is 266. The van der Waals surface area contributed by atoms with Gasteiger partial charge in [0.2, 0.25) is 0 Å². The maximum absolute atomic E-state index is 3.35. The number of nitrogens with zero attached hydrogens (tertiary/aromatic N) is 1. The highest BCUT2D eigenvalue weighted by Gasteiger charge is 2.22. The molecule has 0 unspecified atom stereocenters. The Labute approximate surface area is 108 Å². The van der Waals surface area contributed by atoms with Crippen molar-refractivity contribution >= 4 is 0 Å². The van der Waals surface area contributed by atoms with Gasteiger partial charge in [-0.3, -0.25) is 0 Å². The van der Waals surface area contributed by atoms with Gasteiger partial charge < -0.3 is 4.90 Å². The smallest absolute Gasteiger partial charge is 0.0146 e. The van der Waals surface area contributed by atoms with Crippen LogP contribution in [0.4, 0.5) is 0 Å². The molecule has 0 atom stereocenters. The Morgan fingerprint density at radius 3 is 2.24 bits per heavy atom. The fourth-order valence-electron chi connectivity index (χ4n) is 2.43. The van der Waals surface area contributed by atoms with Crippen LogP contribution in [0.2, 0.25) is 0 Å². The fraction of sp³-hybridized carbons (Fsp3) is 0.875. The van der Waals surface area contributed by atoms with Crippen molar-refractivity contribution in [3.63, 3.8) is 0 Å². The van der Waals surface area contributed by atoms with Gasteiger partial charge in [-0.1, -0.05) is 34.6 Å². The predicted molar refractivity (Wildman–Crippen MR) is 75.9 cm³/mol. The maximum atomic E-state index is 3.35. The lowest BCUT2D eigenvalue weighted by Gasteiger charge is -2.35. The predicted octanol–water partition coefficient (Wildman–Crippen LogP) is 3.79. The van der Waals surface area contributed by atoms with E-state index in [1.165, 1.54) is 32.5 Å². The van der Waals surface area contributed by atoms with Gasteiger partial charge in [-0.05, 0) is 37.3 Å². The summed E-state index contributed by atoms with van der Waals surface area (Å²) in [6.45, 7) is 15.1. The van der Waals surface area contributed by atoms with Crippen molar-refractivity contribution in [1.82, 2.24) is 4.90 Å². The van der Waals surface area contributed by atoms with Crippen molar-refractivity contribution in [1.29, 1.82) is 0 Å². The Morgan fingerprint density at radius 1 is 1.18 bits per heavy atom. The van der Waals surface area contributed by atoms with E-state index < -0.39 is 0 Å². The first-order valence-corrected chi connectivity index (χ1v) is 7.07. The molecule has 1 rings (SSSR count). The summed E-state index contributed by atoms with van der Waals surface area (Å²) >= 11 is 0. The average Bonchev–Trinajstić information content (AvgIpc) is 2.18. The Morgan fingerprint density at radius 2 is 1.76 bits per heavy atom. The van der Waals surface area contributed by atoms with E-state index in [4.69, 9.17) is 0 Å². The van der Waals surface area contributed by atoms with Crippen molar-refractivity contribution < 1.29 is 0 Å². The van der Waals surface area contributed by atoms with Gasteiger partial charge in [0.05, 0.1) is 0 Å². The molecule has 1 heteroatoms. The lowest BCUT2D eigenvalue weighted by atomic mass is 9.90. The molecule has 0 radical (unpaired) electrons. The van der Waals surface area contributed by atoms with Crippen molar-refractivity contribution in [3.05, 3.63) is 0 Å². The second-order valence-corrected chi connectivity index (χ2v) is 6.96. The van der Waals surface area contributed by atoms with E-state index in [1.807, 2.05) is 0 Å². The summed E-state index contributed by atoms with van der Waals surface area (Å²) in [4.78, 5) is 2.62. The van der Waals surface area contributed by atoms with Crippen LogP contribution in [0.25, 0.3) is 0 Å². The van der Waals surface area contributed by atoms with E-state index in [0.29, 0.717) is 11.3 Å². The Kier molecular flexibility index (Phi) is 5.53. The molecule has 0 saturated carbocycles. The Hall–Kier alpha value is -0.480. The van der Waals surface area contributed by atoms with Gasteiger partial charge in [0.1, 0.15) is 0 Å². The number of hydrogen-bond acceptors (Lipinski definition) is 1. The average molecular weight is 235 g/mol. The number of piperidine rings is 1.